The quantitative estimate of drug-likeness (QED) is 0.705. The van der Waals surface area contributed by atoms with Gasteiger partial charge in [0.15, 0.2) is 5.13 Å². The largest absolute Gasteiger partial charge is 0.324 e. The van der Waals surface area contributed by atoms with E-state index in [1.807, 2.05) is 24.3 Å². The summed E-state index contributed by atoms with van der Waals surface area (Å²) in [5.41, 5.74) is 0.741. The van der Waals surface area contributed by atoms with Crippen LogP contribution in [-0.4, -0.2) is 34.9 Å². The average molecular weight is 369 g/mol. The number of carbonyl (C=O) groups excluding carboxylic acids is 2. The highest BCUT2D eigenvalue weighted by Crippen LogP contribution is 2.30. The van der Waals surface area contributed by atoms with Crippen LogP contribution >= 0.6 is 11.3 Å². The number of aromatic nitrogens is 1. The number of halogens is 1. The molecule has 1 saturated heterocycles. The van der Waals surface area contributed by atoms with Crippen molar-refractivity contribution in [1.82, 2.24) is 9.88 Å². The molecule has 1 fully saturated rings. The molecule has 0 unspecified atom stereocenters. The van der Waals surface area contributed by atoms with E-state index in [1.165, 1.54) is 34.4 Å². The average Bonchev–Trinajstić information content (AvgIpc) is 3.25. The summed E-state index contributed by atoms with van der Waals surface area (Å²) in [6, 6.07) is 13.4. The minimum atomic E-state index is -0.587. The van der Waals surface area contributed by atoms with Crippen molar-refractivity contribution in [3.05, 3.63) is 59.9 Å². The molecule has 2 heterocycles. The summed E-state index contributed by atoms with van der Waals surface area (Å²) in [5, 5.41) is 0.458. The Kier molecular flexibility index (Phi) is 4.38. The molecule has 4 rings (SSSR count). The first-order valence-corrected chi connectivity index (χ1v) is 9.15. The van der Waals surface area contributed by atoms with Crippen molar-refractivity contribution in [2.24, 2.45) is 0 Å². The van der Waals surface area contributed by atoms with Crippen LogP contribution in [0.4, 0.5) is 9.52 Å². The summed E-state index contributed by atoms with van der Waals surface area (Å²) < 4.78 is 15.1. The summed E-state index contributed by atoms with van der Waals surface area (Å²) in [7, 11) is 0. The standard InChI is InChI=1S/C19H16FN3O2S/c20-14-7-2-1-6-13(14)18(25)23(12-22-11-5-10-17(22)24)19-21-15-8-3-4-9-16(15)26-19/h1-4,6-9H,5,10-12H2. The van der Waals surface area contributed by atoms with Crippen LogP contribution in [0.2, 0.25) is 0 Å². The highest BCUT2D eigenvalue weighted by molar-refractivity contribution is 7.22. The maximum Gasteiger partial charge on any atom is 0.264 e. The van der Waals surface area contributed by atoms with Crippen LogP contribution in [0.1, 0.15) is 23.2 Å². The van der Waals surface area contributed by atoms with E-state index in [-0.39, 0.29) is 18.1 Å². The lowest BCUT2D eigenvalue weighted by atomic mass is 10.2. The highest BCUT2D eigenvalue weighted by Gasteiger charge is 2.29. The number of nitrogens with zero attached hydrogens (tertiary/aromatic N) is 3. The van der Waals surface area contributed by atoms with Crippen molar-refractivity contribution in [2.45, 2.75) is 12.8 Å². The lowest BCUT2D eigenvalue weighted by Gasteiger charge is -2.26. The third kappa shape index (κ3) is 3.06. The van der Waals surface area contributed by atoms with E-state index in [1.54, 1.807) is 11.0 Å². The molecule has 0 spiro atoms. The van der Waals surface area contributed by atoms with E-state index in [2.05, 4.69) is 4.98 Å². The van der Waals surface area contributed by atoms with E-state index < -0.39 is 11.7 Å². The Morgan fingerprint density at radius 3 is 2.69 bits per heavy atom. The van der Waals surface area contributed by atoms with E-state index in [0.717, 1.165) is 16.6 Å². The van der Waals surface area contributed by atoms with Crippen LogP contribution in [0.15, 0.2) is 48.5 Å². The smallest absolute Gasteiger partial charge is 0.264 e. The molecule has 1 aromatic heterocycles. The van der Waals surface area contributed by atoms with Crippen LogP contribution < -0.4 is 4.90 Å². The molecule has 2 amide bonds. The van der Waals surface area contributed by atoms with Gasteiger partial charge in [-0.05, 0) is 30.7 Å². The van der Waals surface area contributed by atoms with Crippen molar-refractivity contribution in [3.63, 3.8) is 0 Å². The monoisotopic (exact) mass is 369 g/mol. The molecule has 0 saturated carbocycles. The van der Waals surface area contributed by atoms with Gasteiger partial charge in [-0.2, -0.15) is 0 Å². The van der Waals surface area contributed by atoms with Gasteiger partial charge in [-0.15, -0.1) is 0 Å². The van der Waals surface area contributed by atoms with Crippen molar-refractivity contribution < 1.29 is 14.0 Å². The number of rotatable bonds is 4. The van der Waals surface area contributed by atoms with E-state index >= 15 is 0 Å². The molecule has 5 nitrogen and oxygen atoms in total. The predicted octanol–water partition coefficient (Wildman–Crippen LogP) is 3.66. The Labute approximate surface area is 153 Å². The van der Waals surface area contributed by atoms with E-state index in [4.69, 9.17) is 0 Å². The van der Waals surface area contributed by atoms with Gasteiger partial charge >= 0.3 is 0 Å². The molecule has 7 heteroatoms. The Morgan fingerprint density at radius 2 is 1.96 bits per heavy atom. The second kappa shape index (κ2) is 6.84. The van der Waals surface area contributed by atoms with Crippen LogP contribution in [-0.2, 0) is 4.79 Å². The predicted molar refractivity (Wildman–Crippen MR) is 98.6 cm³/mol. The van der Waals surface area contributed by atoms with Gasteiger partial charge in [-0.3, -0.25) is 14.5 Å². The first kappa shape index (κ1) is 16.7. The zero-order chi connectivity index (χ0) is 18.1. The van der Waals surface area contributed by atoms with Gasteiger partial charge in [0.05, 0.1) is 15.8 Å². The molecule has 1 aliphatic rings. The maximum absolute atomic E-state index is 14.2. The maximum atomic E-state index is 14.2. The Balaban J connectivity index is 1.74. The SMILES string of the molecule is O=C1CCCN1CN(C(=O)c1ccccc1F)c1nc2ccccc2s1. The number of hydrogen-bond donors (Lipinski definition) is 0. The number of para-hydroxylation sites is 1. The number of hydrogen-bond acceptors (Lipinski definition) is 4. The number of amides is 2. The summed E-state index contributed by atoms with van der Waals surface area (Å²) in [6.07, 6.45) is 1.24. The van der Waals surface area contributed by atoms with Gasteiger partial charge < -0.3 is 4.90 Å². The lowest BCUT2D eigenvalue weighted by molar-refractivity contribution is -0.127. The number of benzene rings is 2. The second-order valence-electron chi connectivity index (χ2n) is 6.08. The Morgan fingerprint density at radius 1 is 1.19 bits per heavy atom. The molecule has 0 bridgehead atoms. The molecule has 0 N–H and O–H groups in total. The molecule has 2 aromatic carbocycles. The van der Waals surface area contributed by atoms with Crippen molar-refractivity contribution >= 4 is 38.5 Å². The highest BCUT2D eigenvalue weighted by atomic mass is 32.1. The second-order valence-corrected chi connectivity index (χ2v) is 7.09. The third-order valence-electron chi connectivity index (χ3n) is 4.35. The molecule has 0 atom stereocenters. The molecular weight excluding hydrogens is 353 g/mol. The molecule has 3 aromatic rings. The summed E-state index contributed by atoms with van der Waals surface area (Å²) >= 11 is 1.35. The molecule has 132 valence electrons. The van der Waals surface area contributed by atoms with Gasteiger partial charge in [0.2, 0.25) is 5.91 Å². The molecule has 0 aliphatic carbocycles. The summed E-state index contributed by atoms with van der Waals surface area (Å²) in [4.78, 5) is 32.6. The van der Waals surface area contributed by atoms with Crippen molar-refractivity contribution in [1.29, 1.82) is 0 Å². The van der Waals surface area contributed by atoms with Crippen LogP contribution in [0.5, 0.6) is 0 Å². The first-order chi connectivity index (χ1) is 12.6. The Bertz CT molecular complexity index is 955. The summed E-state index contributed by atoms with van der Waals surface area (Å²) in [5.74, 6) is -1.09. The number of carbonyl (C=O) groups is 2. The van der Waals surface area contributed by atoms with Gasteiger partial charge in [0.25, 0.3) is 5.91 Å². The fraction of sp³-hybridized carbons (Fsp3) is 0.211. The fourth-order valence-electron chi connectivity index (χ4n) is 2.99. The van der Waals surface area contributed by atoms with Crippen LogP contribution in [0.25, 0.3) is 10.2 Å². The third-order valence-corrected chi connectivity index (χ3v) is 5.41. The zero-order valence-electron chi connectivity index (χ0n) is 13.9. The van der Waals surface area contributed by atoms with Crippen LogP contribution in [0, 0.1) is 5.82 Å². The molecular formula is C19H16FN3O2S. The molecule has 26 heavy (non-hydrogen) atoms. The Hall–Kier alpha value is -2.80. The van der Waals surface area contributed by atoms with Gasteiger partial charge in [-0.1, -0.05) is 35.6 Å². The van der Waals surface area contributed by atoms with Crippen molar-refractivity contribution in [2.75, 3.05) is 18.1 Å². The van der Waals surface area contributed by atoms with E-state index in [0.29, 0.717) is 18.1 Å². The molecule has 1 aliphatic heterocycles. The molecule has 0 radical (unpaired) electrons. The summed E-state index contributed by atoms with van der Waals surface area (Å²) in [6.45, 7) is 0.663. The number of thiazole rings is 1. The van der Waals surface area contributed by atoms with Gasteiger partial charge in [0, 0.05) is 13.0 Å². The van der Waals surface area contributed by atoms with Crippen LogP contribution in [0.3, 0.4) is 0 Å². The number of fused-ring (bicyclic) bond motifs is 1. The fourth-order valence-corrected chi connectivity index (χ4v) is 3.95. The van der Waals surface area contributed by atoms with E-state index in [9.17, 15) is 14.0 Å². The number of likely N-dealkylation sites (tertiary alicyclic amines) is 1. The topological polar surface area (TPSA) is 53.5 Å². The normalized spacial score (nSPS) is 14.2. The zero-order valence-corrected chi connectivity index (χ0v) is 14.7. The number of anilines is 1. The minimum absolute atomic E-state index is 0.00237. The minimum Gasteiger partial charge on any atom is -0.324 e. The van der Waals surface area contributed by atoms with Gasteiger partial charge in [-0.25, -0.2) is 9.37 Å². The first-order valence-electron chi connectivity index (χ1n) is 8.33. The van der Waals surface area contributed by atoms with Gasteiger partial charge in [0.1, 0.15) is 12.5 Å². The lowest BCUT2D eigenvalue weighted by Crippen LogP contribution is -2.42. The van der Waals surface area contributed by atoms with Crippen molar-refractivity contribution in [3.8, 4) is 0 Å².